The van der Waals surface area contributed by atoms with Gasteiger partial charge < -0.3 is 10.5 Å². The highest BCUT2D eigenvalue weighted by Crippen LogP contribution is 2.28. The number of hydrogen-bond acceptors (Lipinski definition) is 5. The number of ether oxygens (including phenoxy) is 1. The molecule has 16 heavy (non-hydrogen) atoms. The van der Waals surface area contributed by atoms with Crippen molar-refractivity contribution in [1.82, 2.24) is 0 Å². The van der Waals surface area contributed by atoms with Gasteiger partial charge in [0.15, 0.2) is 5.56 Å². The van der Waals surface area contributed by atoms with Gasteiger partial charge in [-0.3, -0.25) is 10.1 Å². The number of nitrogens with two attached hydrogens (primary N) is 1. The second-order valence-electron chi connectivity index (χ2n) is 2.84. The van der Waals surface area contributed by atoms with Crippen molar-refractivity contribution in [2.24, 2.45) is 0 Å². The van der Waals surface area contributed by atoms with Gasteiger partial charge in [-0.05, 0) is 19.1 Å². The minimum Gasteiger partial charge on any atom is -0.462 e. The number of nitrogen functional groups attached to an aromatic ring is 1. The lowest BCUT2D eigenvalue weighted by Crippen LogP contribution is -2.12. The minimum atomic E-state index is -1.12. The summed E-state index contributed by atoms with van der Waals surface area (Å²) in [5.41, 5.74) is 3.69. The van der Waals surface area contributed by atoms with Gasteiger partial charge in [-0.2, -0.15) is 4.39 Å². The van der Waals surface area contributed by atoms with Crippen molar-refractivity contribution in [2.45, 2.75) is 6.92 Å². The number of hydrogen-bond donors (Lipinski definition) is 1. The van der Waals surface area contributed by atoms with Crippen LogP contribution >= 0.6 is 0 Å². The molecule has 2 N–H and O–H groups in total. The van der Waals surface area contributed by atoms with E-state index in [0.29, 0.717) is 0 Å². The standard InChI is InChI=1S/C9H9FN2O4/c1-2-16-9(13)7-6(11)4-3-5(10)8(7)12(14)15/h3-4H,2,11H2,1H3. The lowest BCUT2D eigenvalue weighted by atomic mass is 10.1. The summed E-state index contributed by atoms with van der Waals surface area (Å²) >= 11 is 0. The number of carbonyl (C=O) groups excluding carboxylic acids is 1. The Kier molecular flexibility index (Phi) is 3.39. The number of halogens is 1. The summed E-state index contributed by atoms with van der Waals surface area (Å²) in [5, 5.41) is 10.6. The summed E-state index contributed by atoms with van der Waals surface area (Å²) < 4.78 is 17.7. The van der Waals surface area contributed by atoms with Crippen LogP contribution in [0, 0.1) is 15.9 Å². The van der Waals surface area contributed by atoms with E-state index in [-0.39, 0.29) is 12.3 Å². The predicted octanol–water partition coefficient (Wildman–Crippen LogP) is 1.49. The Hall–Kier alpha value is -2.18. The highest BCUT2D eigenvalue weighted by Gasteiger charge is 2.28. The van der Waals surface area contributed by atoms with Gasteiger partial charge in [0.05, 0.1) is 17.2 Å². The highest BCUT2D eigenvalue weighted by molar-refractivity contribution is 5.99. The number of esters is 1. The molecule has 0 aliphatic carbocycles. The molecule has 1 rings (SSSR count). The first kappa shape index (κ1) is 11.9. The van der Waals surface area contributed by atoms with Crippen molar-refractivity contribution in [3.63, 3.8) is 0 Å². The molecule has 0 atom stereocenters. The second-order valence-corrected chi connectivity index (χ2v) is 2.84. The molecule has 0 aliphatic rings. The maximum absolute atomic E-state index is 13.2. The topological polar surface area (TPSA) is 95.5 Å². The first-order valence-electron chi connectivity index (χ1n) is 4.38. The van der Waals surface area contributed by atoms with E-state index in [0.717, 1.165) is 12.1 Å². The molecular formula is C9H9FN2O4. The van der Waals surface area contributed by atoms with Gasteiger partial charge in [-0.25, -0.2) is 4.79 Å². The molecule has 7 heteroatoms. The number of nitro benzene ring substituents is 1. The fourth-order valence-electron chi connectivity index (χ4n) is 1.18. The van der Waals surface area contributed by atoms with Gasteiger partial charge in [0, 0.05) is 0 Å². The van der Waals surface area contributed by atoms with Gasteiger partial charge >= 0.3 is 11.7 Å². The largest absolute Gasteiger partial charge is 0.462 e. The molecule has 0 aliphatic heterocycles. The fourth-order valence-corrected chi connectivity index (χ4v) is 1.18. The highest BCUT2D eigenvalue weighted by atomic mass is 19.1. The van der Waals surface area contributed by atoms with E-state index in [4.69, 9.17) is 5.73 Å². The number of benzene rings is 1. The van der Waals surface area contributed by atoms with Crippen LogP contribution in [0.5, 0.6) is 0 Å². The maximum atomic E-state index is 13.2. The molecular weight excluding hydrogens is 219 g/mol. The summed E-state index contributed by atoms with van der Waals surface area (Å²) in [6.07, 6.45) is 0. The molecule has 1 aromatic rings. The van der Waals surface area contributed by atoms with Crippen LogP contribution < -0.4 is 5.73 Å². The molecule has 0 aromatic heterocycles. The molecule has 0 heterocycles. The average Bonchev–Trinajstić information content (AvgIpc) is 2.20. The monoisotopic (exact) mass is 228 g/mol. The average molecular weight is 228 g/mol. The van der Waals surface area contributed by atoms with E-state index >= 15 is 0 Å². The Balaban J connectivity index is 3.40. The van der Waals surface area contributed by atoms with Crippen LogP contribution in [0.3, 0.4) is 0 Å². The summed E-state index contributed by atoms with van der Waals surface area (Å²) in [5.74, 6) is -2.13. The minimum absolute atomic E-state index is 0.0198. The molecule has 0 spiro atoms. The Morgan fingerprint density at radius 2 is 2.25 bits per heavy atom. The van der Waals surface area contributed by atoms with Crippen LogP contribution in [0.2, 0.25) is 0 Å². The quantitative estimate of drug-likeness (QED) is 0.366. The van der Waals surface area contributed by atoms with E-state index in [1.807, 2.05) is 0 Å². The van der Waals surface area contributed by atoms with Gasteiger partial charge in [-0.1, -0.05) is 0 Å². The van der Waals surface area contributed by atoms with Crippen molar-refractivity contribution in [2.75, 3.05) is 12.3 Å². The van der Waals surface area contributed by atoms with Crippen LogP contribution in [-0.2, 0) is 4.74 Å². The third-order valence-corrected chi connectivity index (χ3v) is 1.82. The van der Waals surface area contributed by atoms with E-state index in [2.05, 4.69) is 4.74 Å². The summed E-state index contributed by atoms with van der Waals surface area (Å²) in [6.45, 7) is 1.55. The zero-order valence-corrected chi connectivity index (χ0v) is 8.40. The van der Waals surface area contributed by atoms with Crippen molar-refractivity contribution in [3.05, 3.63) is 33.6 Å². The first-order chi connectivity index (χ1) is 7.49. The smallest absolute Gasteiger partial charge is 0.347 e. The lowest BCUT2D eigenvalue weighted by Gasteiger charge is -2.06. The van der Waals surface area contributed by atoms with Crippen molar-refractivity contribution in [1.29, 1.82) is 0 Å². The zero-order chi connectivity index (χ0) is 12.3. The number of rotatable bonds is 3. The number of anilines is 1. The van der Waals surface area contributed by atoms with E-state index in [1.165, 1.54) is 6.92 Å². The first-order valence-corrected chi connectivity index (χ1v) is 4.38. The van der Waals surface area contributed by atoms with E-state index < -0.39 is 28.0 Å². The van der Waals surface area contributed by atoms with Crippen molar-refractivity contribution in [3.8, 4) is 0 Å². The lowest BCUT2D eigenvalue weighted by molar-refractivity contribution is -0.387. The summed E-state index contributed by atoms with van der Waals surface area (Å²) in [6, 6.07) is 1.91. The Morgan fingerprint density at radius 3 is 2.75 bits per heavy atom. The summed E-state index contributed by atoms with van der Waals surface area (Å²) in [4.78, 5) is 21.0. The molecule has 0 saturated carbocycles. The Labute approximate surface area is 90.0 Å². The van der Waals surface area contributed by atoms with Crippen LogP contribution in [0.4, 0.5) is 15.8 Å². The Bertz CT molecular complexity index is 447. The van der Waals surface area contributed by atoms with E-state index in [1.54, 1.807) is 0 Å². The molecule has 0 saturated heterocycles. The molecule has 6 nitrogen and oxygen atoms in total. The fraction of sp³-hybridized carbons (Fsp3) is 0.222. The Morgan fingerprint density at radius 1 is 1.62 bits per heavy atom. The second kappa shape index (κ2) is 4.56. The van der Waals surface area contributed by atoms with Gasteiger partial charge in [-0.15, -0.1) is 0 Å². The molecule has 0 radical (unpaired) electrons. The summed E-state index contributed by atoms with van der Waals surface area (Å²) in [7, 11) is 0. The third kappa shape index (κ3) is 2.08. The molecule has 0 unspecified atom stereocenters. The van der Waals surface area contributed by atoms with E-state index in [9.17, 15) is 19.3 Å². The molecule has 0 bridgehead atoms. The normalized spacial score (nSPS) is 9.88. The van der Waals surface area contributed by atoms with Gasteiger partial charge in [0.2, 0.25) is 5.82 Å². The number of carbonyl (C=O) groups is 1. The predicted molar refractivity (Wildman–Crippen MR) is 53.4 cm³/mol. The van der Waals surface area contributed by atoms with Crippen LogP contribution in [-0.4, -0.2) is 17.5 Å². The zero-order valence-electron chi connectivity index (χ0n) is 8.40. The van der Waals surface area contributed by atoms with Crippen molar-refractivity contribution < 1.29 is 18.8 Å². The molecule has 86 valence electrons. The number of nitrogens with zero attached hydrogens (tertiary/aromatic N) is 1. The molecule has 1 aromatic carbocycles. The third-order valence-electron chi connectivity index (χ3n) is 1.82. The molecule has 0 amide bonds. The van der Waals surface area contributed by atoms with Crippen molar-refractivity contribution >= 4 is 17.3 Å². The van der Waals surface area contributed by atoms with Crippen LogP contribution in [0.15, 0.2) is 12.1 Å². The van der Waals surface area contributed by atoms with Crippen LogP contribution in [0.25, 0.3) is 0 Å². The SMILES string of the molecule is CCOC(=O)c1c(N)ccc(F)c1[N+](=O)[O-]. The number of nitro groups is 1. The van der Waals surface area contributed by atoms with Gasteiger partial charge in [0.25, 0.3) is 0 Å². The molecule has 0 fully saturated rings. The van der Waals surface area contributed by atoms with Crippen LogP contribution in [0.1, 0.15) is 17.3 Å². The maximum Gasteiger partial charge on any atom is 0.347 e. The van der Waals surface area contributed by atoms with Gasteiger partial charge in [0.1, 0.15) is 0 Å².